The number of nitrogens with one attached hydrogen (secondary N) is 2. The van der Waals surface area contributed by atoms with Crippen LogP contribution in [0.5, 0.6) is 0 Å². The van der Waals surface area contributed by atoms with Gasteiger partial charge in [0.1, 0.15) is 0 Å². The van der Waals surface area contributed by atoms with Crippen molar-refractivity contribution >= 4 is 39.2 Å². The maximum Gasteiger partial charge on any atom is 0.305 e. The summed E-state index contributed by atoms with van der Waals surface area (Å²) < 4.78 is 4.97. The van der Waals surface area contributed by atoms with E-state index in [1.54, 1.807) is 0 Å². The molecule has 2 aliphatic rings. The van der Waals surface area contributed by atoms with Gasteiger partial charge in [0.05, 0.1) is 18.5 Å². The molecular formula is C33H40N4O2. The first-order chi connectivity index (χ1) is 18.7. The number of methoxy groups -OCH3 is 1. The Bertz CT molecular complexity index is 1650. The molecule has 2 aliphatic heterocycles. The van der Waals surface area contributed by atoms with Gasteiger partial charge < -0.3 is 14.7 Å². The number of H-pyrrole nitrogens is 2. The number of hydrogen-bond acceptors (Lipinski definition) is 4. The number of nitrogens with zero attached hydrogens (tertiary/aromatic N) is 2. The van der Waals surface area contributed by atoms with Crippen LogP contribution in [-0.2, 0) is 16.0 Å². The zero-order chi connectivity index (χ0) is 28.0. The first kappa shape index (κ1) is 26.9. The summed E-state index contributed by atoms with van der Waals surface area (Å²) >= 11 is 0. The molecule has 8 bridgehead atoms. The van der Waals surface area contributed by atoms with Gasteiger partial charge in [-0.05, 0) is 105 Å². The summed E-state index contributed by atoms with van der Waals surface area (Å²) in [6, 6.07) is 8.81. The van der Waals surface area contributed by atoms with E-state index in [1.165, 1.54) is 34.9 Å². The average molecular weight is 525 g/mol. The number of aryl methyl sites for hydroxylation is 4. The molecule has 0 amide bonds. The molecule has 0 saturated heterocycles. The lowest BCUT2D eigenvalue weighted by molar-refractivity contribution is -0.140. The van der Waals surface area contributed by atoms with Crippen molar-refractivity contribution in [1.82, 2.24) is 19.9 Å². The topological polar surface area (TPSA) is 83.7 Å². The van der Waals surface area contributed by atoms with Crippen LogP contribution in [0.15, 0.2) is 24.3 Å². The van der Waals surface area contributed by atoms with Crippen molar-refractivity contribution in [3.05, 3.63) is 69.3 Å². The van der Waals surface area contributed by atoms with Crippen LogP contribution in [0.25, 0.3) is 33.2 Å². The van der Waals surface area contributed by atoms with Gasteiger partial charge in [-0.3, -0.25) is 9.78 Å². The predicted molar refractivity (Wildman–Crippen MR) is 160 cm³/mol. The molecule has 0 unspecified atom stereocenters. The van der Waals surface area contributed by atoms with Crippen LogP contribution in [0, 0.1) is 20.8 Å². The number of fused-ring (bicyclic) bond motifs is 8. The number of ether oxygens (including phenoxy) is 1. The van der Waals surface area contributed by atoms with E-state index in [4.69, 9.17) is 14.7 Å². The van der Waals surface area contributed by atoms with Crippen LogP contribution in [-0.4, -0.2) is 33.0 Å². The highest BCUT2D eigenvalue weighted by atomic mass is 16.5. The zero-order valence-electron chi connectivity index (χ0n) is 24.5. The Balaban J connectivity index is 1.88. The summed E-state index contributed by atoms with van der Waals surface area (Å²) in [5.74, 6) is 0.118. The second-order valence-corrected chi connectivity index (χ2v) is 11.0. The highest BCUT2D eigenvalue weighted by molar-refractivity contribution is 5.92. The van der Waals surface area contributed by atoms with Gasteiger partial charge in [0.25, 0.3) is 0 Å². The van der Waals surface area contributed by atoms with Gasteiger partial charge in [-0.1, -0.05) is 20.8 Å². The van der Waals surface area contributed by atoms with E-state index in [0.29, 0.717) is 12.8 Å². The molecule has 6 heteroatoms. The maximum atomic E-state index is 12.1. The number of hydrogen-bond donors (Lipinski definition) is 2. The van der Waals surface area contributed by atoms with E-state index in [1.807, 2.05) is 0 Å². The van der Waals surface area contributed by atoms with Gasteiger partial charge in [0, 0.05) is 51.7 Å². The summed E-state index contributed by atoms with van der Waals surface area (Å²) in [6.45, 7) is 15.3. The second kappa shape index (κ2) is 10.5. The third-order valence-corrected chi connectivity index (χ3v) is 8.80. The highest BCUT2D eigenvalue weighted by Crippen LogP contribution is 2.42. The molecule has 39 heavy (non-hydrogen) atoms. The molecule has 0 fully saturated rings. The normalized spacial score (nSPS) is 17.1. The lowest BCUT2D eigenvalue weighted by Gasteiger charge is -2.16. The predicted octanol–water partition coefficient (Wildman–Crippen LogP) is 7.98. The van der Waals surface area contributed by atoms with E-state index >= 15 is 0 Å². The molecule has 5 rings (SSSR count). The van der Waals surface area contributed by atoms with Gasteiger partial charge in [0.2, 0.25) is 0 Å². The molecular weight excluding hydrogens is 484 g/mol. The summed E-state index contributed by atoms with van der Waals surface area (Å²) in [4.78, 5) is 29.8. The smallest absolute Gasteiger partial charge is 0.305 e. The molecule has 0 aromatic carbocycles. The van der Waals surface area contributed by atoms with Crippen molar-refractivity contribution in [3.63, 3.8) is 0 Å². The Hall–Kier alpha value is -3.67. The number of carbonyl (C=O) groups excluding carboxylic acids is 1. The summed E-state index contributed by atoms with van der Waals surface area (Å²) in [6.07, 6.45) is 2.93. The molecule has 0 aliphatic carbocycles. The zero-order valence-corrected chi connectivity index (χ0v) is 24.5. The van der Waals surface area contributed by atoms with Crippen molar-refractivity contribution < 1.29 is 9.53 Å². The minimum atomic E-state index is -0.181. The molecule has 2 N–H and O–H groups in total. The van der Waals surface area contributed by atoms with Crippen molar-refractivity contribution in [2.45, 2.75) is 86.0 Å². The van der Waals surface area contributed by atoms with Gasteiger partial charge in [-0.15, -0.1) is 0 Å². The number of allylic oxidation sites excluding steroid dienone is 2. The number of esters is 1. The fourth-order valence-corrected chi connectivity index (χ4v) is 6.28. The third-order valence-electron chi connectivity index (χ3n) is 8.80. The van der Waals surface area contributed by atoms with Gasteiger partial charge >= 0.3 is 5.97 Å². The number of carbonyl (C=O) groups is 1. The largest absolute Gasteiger partial charge is 0.469 e. The monoisotopic (exact) mass is 524 g/mol. The SMILES string of the molecule is CCC1=C(C)c2cc3[nH]c(cc4nc(c(C)c5cc(C)c(cc1n2)[nH]5)[C@@H](CCC(=O)OC)[C@@H]4C)c(C)c3CC. The minimum Gasteiger partial charge on any atom is -0.469 e. The molecule has 3 aromatic rings. The van der Waals surface area contributed by atoms with E-state index in [2.05, 4.69) is 82.7 Å². The van der Waals surface area contributed by atoms with Gasteiger partial charge in [0.15, 0.2) is 0 Å². The first-order valence-electron chi connectivity index (χ1n) is 14.1. The molecule has 0 radical (unpaired) electrons. The lowest BCUT2D eigenvalue weighted by atomic mass is 9.86. The molecule has 2 atom stereocenters. The lowest BCUT2D eigenvalue weighted by Crippen LogP contribution is -2.08. The number of aromatic nitrogens is 4. The molecule has 204 valence electrons. The summed E-state index contributed by atoms with van der Waals surface area (Å²) in [5.41, 5.74) is 15.8. The quantitative estimate of drug-likeness (QED) is 0.331. The Morgan fingerprint density at radius 1 is 0.872 bits per heavy atom. The number of rotatable bonds is 5. The molecule has 0 saturated carbocycles. The Kier molecular flexibility index (Phi) is 7.23. The van der Waals surface area contributed by atoms with Crippen LogP contribution in [0.1, 0.15) is 104 Å². The molecule has 3 aromatic heterocycles. The maximum absolute atomic E-state index is 12.1. The van der Waals surface area contributed by atoms with E-state index < -0.39 is 0 Å². The van der Waals surface area contributed by atoms with Crippen LogP contribution in [0.2, 0.25) is 0 Å². The fraction of sp³-hybridized carbons (Fsp3) is 0.424. The molecule has 0 spiro atoms. The fourth-order valence-electron chi connectivity index (χ4n) is 6.28. The van der Waals surface area contributed by atoms with Crippen molar-refractivity contribution in [2.75, 3.05) is 7.11 Å². The third kappa shape index (κ3) is 4.70. The van der Waals surface area contributed by atoms with Gasteiger partial charge in [-0.2, -0.15) is 0 Å². The van der Waals surface area contributed by atoms with Crippen LogP contribution in [0.4, 0.5) is 0 Å². The Morgan fingerprint density at radius 2 is 1.56 bits per heavy atom. The Labute approximate surface area is 231 Å². The summed E-state index contributed by atoms with van der Waals surface area (Å²) in [5, 5.41) is 0. The molecule has 5 heterocycles. The van der Waals surface area contributed by atoms with E-state index in [-0.39, 0.29) is 17.8 Å². The van der Waals surface area contributed by atoms with Crippen molar-refractivity contribution in [2.24, 2.45) is 0 Å². The summed E-state index contributed by atoms with van der Waals surface area (Å²) in [7, 11) is 1.45. The van der Waals surface area contributed by atoms with Gasteiger partial charge in [-0.25, -0.2) is 4.98 Å². The second-order valence-electron chi connectivity index (χ2n) is 11.0. The van der Waals surface area contributed by atoms with Crippen LogP contribution >= 0.6 is 0 Å². The standard InChI is InChI=1S/C33H40N4O2/c1-9-22-19(5)28-16-31-23(10-2)18(4)27(35-31)15-29-20(6)24(11-12-32(38)39-8)33(37-29)21(7)26-13-17(3)25(34-26)14-30(22)36-28/h13-16,20,24,34-35H,9-12H2,1-8H3/t20-,24-/m0/s1. The first-order valence-corrected chi connectivity index (χ1v) is 14.1. The molecule has 6 nitrogen and oxygen atoms in total. The minimum absolute atomic E-state index is 0.127. The van der Waals surface area contributed by atoms with E-state index in [9.17, 15) is 4.79 Å². The Morgan fingerprint density at radius 3 is 2.26 bits per heavy atom. The highest BCUT2D eigenvalue weighted by Gasteiger charge is 2.31. The van der Waals surface area contributed by atoms with Crippen molar-refractivity contribution in [3.8, 4) is 0 Å². The average Bonchev–Trinajstić information content (AvgIpc) is 3.61. The van der Waals surface area contributed by atoms with Crippen LogP contribution in [0.3, 0.4) is 0 Å². The van der Waals surface area contributed by atoms with Crippen LogP contribution < -0.4 is 0 Å². The van der Waals surface area contributed by atoms with Crippen molar-refractivity contribution in [1.29, 1.82) is 0 Å². The number of aromatic amines is 2. The van der Waals surface area contributed by atoms with E-state index in [0.717, 1.165) is 63.2 Å².